The molecule has 0 aliphatic heterocycles. The first-order valence-corrected chi connectivity index (χ1v) is 7.72. The second-order valence-electron chi connectivity index (χ2n) is 5.99. The van der Waals surface area contributed by atoms with Crippen LogP contribution in [0.2, 0.25) is 0 Å². The summed E-state index contributed by atoms with van der Waals surface area (Å²) in [6.07, 6.45) is 2.83. The van der Waals surface area contributed by atoms with Crippen LogP contribution in [0.15, 0.2) is 42.5 Å². The molecule has 3 rings (SSSR count). The largest absolute Gasteiger partial charge is 0.349 e. The van der Waals surface area contributed by atoms with E-state index in [2.05, 4.69) is 10.3 Å². The first-order chi connectivity index (χ1) is 10.6. The van der Waals surface area contributed by atoms with E-state index in [4.69, 9.17) is 5.73 Å². The monoisotopic (exact) mass is 295 g/mol. The summed E-state index contributed by atoms with van der Waals surface area (Å²) < 4.78 is 0. The Kier molecular flexibility index (Phi) is 4.20. The highest BCUT2D eigenvalue weighted by molar-refractivity contribution is 5.94. The molecule has 1 aromatic heterocycles. The van der Waals surface area contributed by atoms with Gasteiger partial charge in [-0.15, -0.1) is 0 Å². The third-order valence-electron chi connectivity index (χ3n) is 4.14. The summed E-state index contributed by atoms with van der Waals surface area (Å²) in [6, 6.07) is 13.9. The Balaban J connectivity index is 1.70. The fraction of sp³-hybridized carbons (Fsp3) is 0.333. The molecule has 22 heavy (non-hydrogen) atoms. The fourth-order valence-corrected chi connectivity index (χ4v) is 2.91. The summed E-state index contributed by atoms with van der Waals surface area (Å²) >= 11 is 0. The molecule has 1 aliphatic rings. The molecule has 2 atom stereocenters. The molecule has 1 amide bonds. The molecule has 0 spiro atoms. The minimum absolute atomic E-state index is 0.0251. The molecule has 114 valence electrons. The van der Waals surface area contributed by atoms with E-state index in [1.807, 2.05) is 49.4 Å². The number of carbonyl (C=O) groups excluding carboxylic acids is 1. The topological polar surface area (TPSA) is 68.0 Å². The Labute approximate surface area is 130 Å². The van der Waals surface area contributed by atoms with Gasteiger partial charge in [0.25, 0.3) is 5.91 Å². The third-order valence-corrected chi connectivity index (χ3v) is 4.14. The van der Waals surface area contributed by atoms with Gasteiger partial charge < -0.3 is 11.1 Å². The molecule has 1 fully saturated rings. The zero-order valence-electron chi connectivity index (χ0n) is 12.8. The minimum atomic E-state index is -0.0251. The number of carbonyl (C=O) groups is 1. The summed E-state index contributed by atoms with van der Waals surface area (Å²) in [6.45, 7) is 1.97. The van der Waals surface area contributed by atoms with E-state index >= 15 is 0 Å². The normalized spacial score (nSPS) is 20.8. The summed E-state index contributed by atoms with van der Waals surface area (Å²) in [4.78, 5) is 16.7. The third kappa shape index (κ3) is 3.34. The Bertz CT molecular complexity index is 666. The van der Waals surface area contributed by atoms with Gasteiger partial charge in [-0.3, -0.25) is 9.78 Å². The molecular weight excluding hydrogens is 274 g/mol. The van der Waals surface area contributed by atoms with E-state index in [0.29, 0.717) is 5.56 Å². The van der Waals surface area contributed by atoms with Crippen LogP contribution in [-0.4, -0.2) is 23.0 Å². The number of aryl methyl sites for hydroxylation is 1. The molecule has 3 N–H and O–H groups in total. The number of nitrogens with one attached hydrogen (secondary N) is 1. The number of pyridine rings is 1. The number of aromatic nitrogens is 1. The lowest BCUT2D eigenvalue weighted by Gasteiger charge is -2.12. The maximum atomic E-state index is 12.2. The number of nitrogens with two attached hydrogens (primary N) is 1. The standard InChI is InChI=1S/C18H21N3O/c1-12-3-2-4-17(20-12)13-5-7-14(8-6-13)18(22)21-16-10-9-15(19)11-16/h2-8,15-16H,9-11,19H2,1H3,(H,21,22). The van der Waals surface area contributed by atoms with Crippen molar-refractivity contribution in [2.24, 2.45) is 5.73 Å². The van der Waals surface area contributed by atoms with Crippen molar-refractivity contribution in [3.8, 4) is 11.3 Å². The van der Waals surface area contributed by atoms with Gasteiger partial charge in [0.1, 0.15) is 0 Å². The van der Waals surface area contributed by atoms with Crippen molar-refractivity contribution in [1.29, 1.82) is 0 Å². The van der Waals surface area contributed by atoms with Crippen LogP contribution in [0.4, 0.5) is 0 Å². The molecule has 0 bridgehead atoms. The molecule has 2 aromatic rings. The minimum Gasteiger partial charge on any atom is -0.349 e. The Hall–Kier alpha value is -2.20. The van der Waals surface area contributed by atoms with Gasteiger partial charge in [0.15, 0.2) is 0 Å². The summed E-state index contributed by atoms with van der Waals surface area (Å²) in [5.74, 6) is -0.0251. The Morgan fingerprint density at radius 2 is 1.95 bits per heavy atom. The van der Waals surface area contributed by atoms with Crippen LogP contribution in [0.5, 0.6) is 0 Å². The van der Waals surface area contributed by atoms with Crippen LogP contribution < -0.4 is 11.1 Å². The lowest BCUT2D eigenvalue weighted by atomic mass is 10.1. The molecule has 4 nitrogen and oxygen atoms in total. The summed E-state index contributed by atoms with van der Waals surface area (Å²) in [5, 5.41) is 3.06. The van der Waals surface area contributed by atoms with E-state index in [1.54, 1.807) is 0 Å². The zero-order chi connectivity index (χ0) is 15.5. The van der Waals surface area contributed by atoms with Gasteiger partial charge in [-0.25, -0.2) is 0 Å². The summed E-state index contributed by atoms with van der Waals surface area (Å²) in [7, 11) is 0. The van der Waals surface area contributed by atoms with Crippen molar-refractivity contribution in [1.82, 2.24) is 10.3 Å². The van der Waals surface area contributed by atoms with Gasteiger partial charge in [0, 0.05) is 28.9 Å². The van der Waals surface area contributed by atoms with E-state index in [0.717, 1.165) is 36.2 Å². The maximum absolute atomic E-state index is 12.2. The predicted octanol–water partition coefficient (Wildman–Crippen LogP) is 2.67. The van der Waals surface area contributed by atoms with Crippen molar-refractivity contribution in [2.45, 2.75) is 38.3 Å². The Morgan fingerprint density at radius 3 is 2.59 bits per heavy atom. The lowest BCUT2D eigenvalue weighted by molar-refractivity contribution is 0.0937. The van der Waals surface area contributed by atoms with Crippen LogP contribution in [-0.2, 0) is 0 Å². The number of rotatable bonds is 3. The van der Waals surface area contributed by atoms with Crippen molar-refractivity contribution < 1.29 is 4.79 Å². The molecule has 0 saturated heterocycles. The van der Waals surface area contributed by atoms with Crippen LogP contribution in [0.3, 0.4) is 0 Å². The first kappa shape index (κ1) is 14.7. The van der Waals surface area contributed by atoms with Gasteiger partial charge in [-0.1, -0.05) is 18.2 Å². The molecule has 1 heterocycles. The molecule has 1 aromatic carbocycles. The van der Waals surface area contributed by atoms with Gasteiger partial charge >= 0.3 is 0 Å². The highest BCUT2D eigenvalue weighted by Crippen LogP contribution is 2.20. The zero-order valence-corrected chi connectivity index (χ0v) is 12.8. The summed E-state index contributed by atoms with van der Waals surface area (Å²) in [5.41, 5.74) is 9.48. The number of hydrogen-bond donors (Lipinski definition) is 2. The molecular formula is C18H21N3O. The fourth-order valence-electron chi connectivity index (χ4n) is 2.91. The number of amides is 1. The molecule has 2 unspecified atom stereocenters. The van der Waals surface area contributed by atoms with E-state index in [1.165, 1.54) is 0 Å². The molecule has 4 heteroatoms. The first-order valence-electron chi connectivity index (χ1n) is 7.72. The van der Waals surface area contributed by atoms with Crippen molar-refractivity contribution in [3.05, 3.63) is 53.7 Å². The molecule has 1 saturated carbocycles. The van der Waals surface area contributed by atoms with Crippen molar-refractivity contribution in [2.75, 3.05) is 0 Å². The van der Waals surface area contributed by atoms with E-state index in [9.17, 15) is 4.79 Å². The quantitative estimate of drug-likeness (QED) is 0.914. The van der Waals surface area contributed by atoms with Gasteiger partial charge in [-0.2, -0.15) is 0 Å². The highest BCUT2D eigenvalue weighted by Gasteiger charge is 2.23. The van der Waals surface area contributed by atoms with Gasteiger partial charge in [0.2, 0.25) is 0 Å². The van der Waals surface area contributed by atoms with Crippen LogP contribution >= 0.6 is 0 Å². The maximum Gasteiger partial charge on any atom is 0.251 e. The molecule has 1 aliphatic carbocycles. The predicted molar refractivity (Wildman–Crippen MR) is 87.5 cm³/mol. The lowest BCUT2D eigenvalue weighted by Crippen LogP contribution is -2.33. The second kappa shape index (κ2) is 6.28. The SMILES string of the molecule is Cc1cccc(-c2ccc(C(=O)NC3CCC(N)C3)cc2)n1. The number of hydrogen-bond acceptors (Lipinski definition) is 3. The number of benzene rings is 1. The van der Waals surface area contributed by atoms with Crippen LogP contribution in [0.1, 0.15) is 35.3 Å². The second-order valence-corrected chi connectivity index (χ2v) is 5.99. The highest BCUT2D eigenvalue weighted by atomic mass is 16.1. The van der Waals surface area contributed by atoms with Crippen LogP contribution in [0, 0.1) is 6.92 Å². The van der Waals surface area contributed by atoms with E-state index in [-0.39, 0.29) is 18.0 Å². The smallest absolute Gasteiger partial charge is 0.251 e. The van der Waals surface area contributed by atoms with Gasteiger partial charge in [-0.05, 0) is 50.5 Å². The molecule has 0 radical (unpaired) electrons. The average molecular weight is 295 g/mol. The van der Waals surface area contributed by atoms with Gasteiger partial charge in [0.05, 0.1) is 5.69 Å². The van der Waals surface area contributed by atoms with Crippen molar-refractivity contribution in [3.63, 3.8) is 0 Å². The van der Waals surface area contributed by atoms with E-state index < -0.39 is 0 Å². The average Bonchev–Trinajstić information content (AvgIpc) is 2.92. The Morgan fingerprint density at radius 1 is 1.18 bits per heavy atom. The van der Waals surface area contributed by atoms with Crippen molar-refractivity contribution >= 4 is 5.91 Å². The van der Waals surface area contributed by atoms with Crippen LogP contribution in [0.25, 0.3) is 11.3 Å². The number of nitrogens with zero attached hydrogens (tertiary/aromatic N) is 1.